The zero-order chi connectivity index (χ0) is 22.1. The summed E-state index contributed by atoms with van der Waals surface area (Å²) >= 11 is 11.9. The van der Waals surface area contributed by atoms with Gasteiger partial charge in [-0.15, -0.1) is 0 Å². The molecule has 0 radical (unpaired) electrons. The fourth-order valence-corrected chi connectivity index (χ4v) is 5.23. The predicted octanol–water partition coefficient (Wildman–Crippen LogP) is 3.79. The minimum absolute atomic E-state index is 0.0937. The van der Waals surface area contributed by atoms with Gasteiger partial charge < -0.3 is 10.4 Å². The normalized spacial score (nSPS) is 11.3. The maximum Gasteiger partial charge on any atom is 0.324 e. The molecule has 1 amide bonds. The monoisotopic (exact) mass is 466 g/mol. The average molecular weight is 467 g/mol. The molecule has 10 heteroatoms. The molecule has 0 atom stereocenters. The van der Waals surface area contributed by atoms with Crippen molar-refractivity contribution in [1.82, 2.24) is 5.32 Å². The first kappa shape index (κ1) is 21.9. The van der Waals surface area contributed by atoms with E-state index in [0.29, 0.717) is 16.3 Å². The lowest BCUT2D eigenvalue weighted by Crippen LogP contribution is -2.36. The van der Waals surface area contributed by atoms with Crippen LogP contribution in [0.4, 0.5) is 5.69 Å². The lowest BCUT2D eigenvalue weighted by Gasteiger charge is -2.24. The number of nitrogens with zero attached hydrogens (tertiary/aromatic N) is 1. The number of sulfonamides is 1. The molecule has 7 nitrogen and oxygen atoms in total. The third kappa shape index (κ3) is 4.21. The number of carboxylic acid groups (broad SMARTS) is 1. The van der Waals surface area contributed by atoms with Gasteiger partial charge in [0.05, 0.1) is 10.6 Å². The number of rotatable bonds is 6. The van der Waals surface area contributed by atoms with Gasteiger partial charge in [-0.2, -0.15) is 0 Å². The summed E-state index contributed by atoms with van der Waals surface area (Å²) < 4.78 is 27.5. The number of amides is 1. The summed E-state index contributed by atoms with van der Waals surface area (Å²) in [4.78, 5) is 23.5. The van der Waals surface area contributed by atoms with Crippen LogP contribution in [0.5, 0.6) is 0 Å². The third-order valence-electron chi connectivity index (χ3n) is 4.34. The highest BCUT2D eigenvalue weighted by Crippen LogP contribution is 2.34. The molecule has 0 fully saturated rings. The van der Waals surface area contributed by atoms with Crippen molar-refractivity contribution < 1.29 is 23.1 Å². The standard InChI is InChI=1S/C20H16Cl2N2O5S/c1-23-20(27)17-6-2-5-16-15(17)4-3-7-18(16)24(11-19(25)26)30(28,29)14-9-12(21)8-13(22)10-14/h2-10H,11H2,1H3,(H,23,27)(H,25,26). The quantitative estimate of drug-likeness (QED) is 0.574. The Morgan fingerprint density at radius 1 is 1.00 bits per heavy atom. The Labute approximate surface area is 182 Å². The number of carbonyl (C=O) groups excluding carboxylic acids is 1. The zero-order valence-corrected chi connectivity index (χ0v) is 17.9. The van der Waals surface area contributed by atoms with Crippen LogP contribution in [0.2, 0.25) is 10.0 Å². The van der Waals surface area contributed by atoms with Crippen LogP contribution in [-0.4, -0.2) is 39.0 Å². The van der Waals surface area contributed by atoms with Gasteiger partial charge in [-0.25, -0.2) is 8.42 Å². The lowest BCUT2D eigenvalue weighted by molar-refractivity contribution is -0.135. The Morgan fingerprint density at radius 2 is 1.60 bits per heavy atom. The van der Waals surface area contributed by atoms with Crippen molar-refractivity contribution in [3.63, 3.8) is 0 Å². The highest BCUT2D eigenvalue weighted by atomic mass is 35.5. The Morgan fingerprint density at radius 3 is 2.20 bits per heavy atom. The SMILES string of the molecule is CNC(=O)c1cccc2c(N(CC(=O)O)S(=O)(=O)c3cc(Cl)cc(Cl)c3)cccc12. The molecule has 156 valence electrons. The summed E-state index contributed by atoms with van der Waals surface area (Å²) in [6.45, 7) is -0.838. The first-order valence-corrected chi connectivity index (χ1v) is 10.8. The summed E-state index contributed by atoms with van der Waals surface area (Å²) in [6.07, 6.45) is 0. The van der Waals surface area contributed by atoms with E-state index < -0.39 is 22.5 Å². The van der Waals surface area contributed by atoms with Gasteiger partial charge in [0.2, 0.25) is 0 Å². The Kier molecular flexibility index (Phi) is 6.21. The molecule has 0 unspecified atom stereocenters. The molecule has 3 aromatic rings. The molecule has 0 aliphatic carbocycles. The molecule has 0 saturated heterocycles. The number of aliphatic carboxylic acids is 1. The maximum atomic E-state index is 13.4. The Balaban J connectivity index is 2.28. The molecule has 2 N–H and O–H groups in total. The molecule has 3 aromatic carbocycles. The van der Waals surface area contributed by atoms with E-state index in [1.165, 1.54) is 31.3 Å². The molecule has 0 aliphatic heterocycles. The number of carboxylic acids is 1. The van der Waals surface area contributed by atoms with Crippen LogP contribution in [0.3, 0.4) is 0 Å². The first-order chi connectivity index (χ1) is 14.1. The second-order valence-corrected chi connectivity index (χ2v) is 9.00. The number of hydrogen-bond acceptors (Lipinski definition) is 4. The fourth-order valence-electron chi connectivity index (χ4n) is 3.07. The maximum absolute atomic E-state index is 13.4. The number of nitrogens with one attached hydrogen (secondary N) is 1. The smallest absolute Gasteiger partial charge is 0.324 e. The van der Waals surface area contributed by atoms with E-state index >= 15 is 0 Å². The summed E-state index contributed by atoms with van der Waals surface area (Å²) in [5.41, 5.74) is 0.437. The minimum atomic E-state index is -4.34. The third-order valence-corrected chi connectivity index (χ3v) is 6.52. The second kappa shape index (κ2) is 8.51. The van der Waals surface area contributed by atoms with Crippen molar-refractivity contribution in [3.05, 3.63) is 70.2 Å². The van der Waals surface area contributed by atoms with E-state index in [2.05, 4.69) is 5.32 Å². The van der Waals surface area contributed by atoms with E-state index in [0.717, 1.165) is 4.31 Å². The number of anilines is 1. The Bertz CT molecular complexity index is 1240. The lowest BCUT2D eigenvalue weighted by atomic mass is 10.0. The van der Waals surface area contributed by atoms with E-state index in [-0.39, 0.29) is 26.5 Å². The van der Waals surface area contributed by atoms with Crippen LogP contribution in [0.25, 0.3) is 10.8 Å². The predicted molar refractivity (Wildman–Crippen MR) is 116 cm³/mol. The minimum Gasteiger partial charge on any atom is -0.480 e. The van der Waals surface area contributed by atoms with Gasteiger partial charge >= 0.3 is 5.97 Å². The topological polar surface area (TPSA) is 104 Å². The highest BCUT2D eigenvalue weighted by Gasteiger charge is 2.29. The van der Waals surface area contributed by atoms with Crippen molar-refractivity contribution in [2.24, 2.45) is 0 Å². The average Bonchev–Trinajstić information content (AvgIpc) is 2.69. The van der Waals surface area contributed by atoms with Gasteiger partial charge in [0, 0.05) is 28.0 Å². The van der Waals surface area contributed by atoms with Crippen molar-refractivity contribution in [2.45, 2.75) is 4.90 Å². The van der Waals surface area contributed by atoms with Crippen LogP contribution in [0.15, 0.2) is 59.5 Å². The molecule has 0 heterocycles. The number of carbonyl (C=O) groups is 2. The first-order valence-electron chi connectivity index (χ1n) is 8.59. The van der Waals surface area contributed by atoms with Crippen LogP contribution in [-0.2, 0) is 14.8 Å². The van der Waals surface area contributed by atoms with Crippen molar-refractivity contribution in [3.8, 4) is 0 Å². The summed E-state index contributed by atoms with van der Waals surface area (Å²) in [7, 11) is -2.86. The molecule has 0 spiro atoms. The summed E-state index contributed by atoms with van der Waals surface area (Å²) in [5.74, 6) is -1.71. The van der Waals surface area contributed by atoms with E-state index in [4.69, 9.17) is 23.2 Å². The number of benzene rings is 3. The summed E-state index contributed by atoms with van der Waals surface area (Å²) in [5, 5.41) is 13.0. The van der Waals surface area contributed by atoms with Crippen LogP contribution in [0, 0.1) is 0 Å². The molecular weight excluding hydrogens is 451 g/mol. The van der Waals surface area contributed by atoms with Gasteiger partial charge in [0.15, 0.2) is 0 Å². The van der Waals surface area contributed by atoms with Crippen LogP contribution in [0.1, 0.15) is 10.4 Å². The molecule has 30 heavy (non-hydrogen) atoms. The second-order valence-electron chi connectivity index (χ2n) is 6.27. The van der Waals surface area contributed by atoms with Gasteiger partial charge in [0.25, 0.3) is 15.9 Å². The van der Waals surface area contributed by atoms with Crippen molar-refractivity contribution in [2.75, 3.05) is 17.9 Å². The van der Waals surface area contributed by atoms with Crippen molar-refractivity contribution >= 4 is 61.6 Å². The zero-order valence-electron chi connectivity index (χ0n) is 15.6. The number of hydrogen-bond donors (Lipinski definition) is 2. The van der Waals surface area contributed by atoms with Crippen LogP contribution >= 0.6 is 23.2 Å². The van der Waals surface area contributed by atoms with Gasteiger partial charge in [-0.1, -0.05) is 47.5 Å². The molecule has 0 aromatic heterocycles. The largest absolute Gasteiger partial charge is 0.480 e. The fraction of sp³-hybridized carbons (Fsp3) is 0.100. The molecule has 0 aliphatic rings. The van der Waals surface area contributed by atoms with Crippen molar-refractivity contribution in [1.29, 1.82) is 0 Å². The molecule has 0 bridgehead atoms. The molecular formula is C20H16Cl2N2O5S. The number of fused-ring (bicyclic) bond motifs is 1. The van der Waals surface area contributed by atoms with Gasteiger partial charge in [-0.05, 0) is 35.7 Å². The van der Waals surface area contributed by atoms with E-state index in [1.807, 2.05) is 0 Å². The van der Waals surface area contributed by atoms with Gasteiger partial charge in [-0.3, -0.25) is 13.9 Å². The van der Waals surface area contributed by atoms with E-state index in [9.17, 15) is 23.1 Å². The number of halogens is 2. The highest BCUT2D eigenvalue weighted by molar-refractivity contribution is 7.92. The molecule has 0 saturated carbocycles. The molecule has 3 rings (SSSR count). The Hall–Kier alpha value is -2.81. The van der Waals surface area contributed by atoms with E-state index in [1.54, 1.807) is 30.3 Å². The van der Waals surface area contributed by atoms with Gasteiger partial charge in [0.1, 0.15) is 6.54 Å². The van der Waals surface area contributed by atoms with Crippen LogP contribution < -0.4 is 9.62 Å². The summed E-state index contributed by atoms with van der Waals surface area (Å²) in [6, 6.07) is 13.3.